The first-order valence-corrected chi connectivity index (χ1v) is 6.87. The molecule has 1 unspecified atom stereocenters. The molecule has 0 aliphatic heterocycles. The van der Waals surface area contributed by atoms with Crippen molar-refractivity contribution in [2.75, 3.05) is 5.43 Å². The number of amides is 1. The van der Waals surface area contributed by atoms with Gasteiger partial charge in [0.15, 0.2) is 0 Å². The van der Waals surface area contributed by atoms with Crippen LogP contribution < -0.4 is 10.9 Å². The molecule has 2 rings (SSSR count). The Hall–Kier alpha value is -2.51. The lowest BCUT2D eigenvalue weighted by atomic mass is 10.0. The third-order valence-electron chi connectivity index (χ3n) is 2.90. The van der Waals surface area contributed by atoms with Crippen molar-refractivity contribution in [2.45, 2.75) is 11.8 Å². The van der Waals surface area contributed by atoms with Crippen LogP contribution in [-0.2, 0) is 6.42 Å². The molecule has 4 nitrogen and oxygen atoms in total. The van der Waals surface area contributed by atoms with E-state index in [-0.39, 0.29) is 5.91 Å². The smallest absolute Gasteiger partial charge is 0.269 e. The predicted molar refractivity (Wildman–Crippen MR) is 82.9 cm³/mol. The average molecular weight is 300 g/mol. The van der Waals surface area contributed by atoms with Crippen molar-refractivity contribution in [3.63, 3.8) is 0 Å². The van der Waals surface area contributed by atoms with E-state index < -0.39 is 5.38 Å². The number of carbonyl (C=O) groups excluding carboxylic acids is 1. The number of alkyl halides is 1. The van der Waals surface area contributed by atoms with Gasteiger partial charge in [-0.3, -0.25) is 15.6 Å². The van der Waals surface area contributed by atoms with Gasteiger partial charge >= 0.3 is 0 Å². The molecule has 5 heteroatoms. The van der Waals surface area contributed by atoms with Crippen LogP contribution in [0.4, 0.5) is 5.69 Å². The molecule has 106 valence electrons. The van der Waals surface area contributed by atoms with Crippen LogP contribution in [0, 0.1) is 11.3 Å². The summed E-state index contributed by atoms with van der Waals surface area (Å²) >= 11 is 5.84. The van der Waals surface area contributed by atoms with Crippen LogP contribution in [0.15, 0.2) is 54.6 Å². The van der Waals surface area contributed by atoms with Crippen LogP contribution in [0.2, 0.25) is 0 Å². The van der Waals surface area contributed by atoms with E-state index in [4.69, 9.17) is 16.9 Å². The summed E-state index contributed by atoms with van der Waals surface area (Å²) in [5.74, 6) is -0.267. The van der Waals surface area contributed by atoms with E-state index in [1.54, 1.807) is 18.2 Å². The number of hydrogen-bond acceptors (Lipinski definition) is 3. The highest BCUT2D eigenvalue weighted by Gasteiger charge is 2.13. The van der Waals surface area contributed by atoms with E-state index in [0.717, 1.165) is 11.3 Å². The van der Waals surface area contributed by atoms with Crippen molar-refractivity contribution in [3.8, 4) is 6.07 Å². The molecule has 0 saturated carbocycles. The summed E-state index contributed by atoms with van der Waals surface area (Å²) in [6, 6.07) is 18.4. The molecule has 0 aromatic heterocycles. The van der Waals surface area contributed by atoms with Gasteiger partial charge in [-0.2, -0.15) is 5.26 Å². The molecular weight excluding hydrogens is 286 g/mol. The third-order valence-corrected chi connectivity index (χ3v) is 3.15. The van der Waals surface area contributed by atoms with E-state index >= 15 is 0 Å². The van der Waals surface area contributed by atoms with Crippen molar-refractivity contribution < 1.29 is 4.79 Å². The van der Waals surface area contributed by atoms with Gasteiger partial charge in [0.2, 0.25) is 0 Å². The molecule has 0 radical (unpaired) electrons. The zero-order valence-electron chi connectivity index (χ0n) is 11.2. The second-order valence-electron chi connectivity index (χ2n) is 4.40. The highest BCUT2D eigenvalue weighted by molar-refractivity contribution is 6.22. The maximum Gasteiger partial charge on any atom is 0.269 e. The Morgan fingerprint density at radius 2 is 1.81 bits per heavy atom. The Morgan fingerprint density at radius 1 is 1.14 bits per heavy atom. The number of hydrogen-bond donors (Lipinski definition) is 2. The second-order valence-corrected chi connectivity index (χ2v) is 4.93. The van der Waals surface area contributed by atoms with Crippen LogP contribution in [0.3, 0.4) is 0 Å². The van der Waals surface area contributed by atoms with Crippen LogP contribution in [0.25, 0.3) is 0 Å². The summed E-state index contributed by atoms with van der Waals surface area (Å²) in [5, 5.41) is 8.13. The minimum Gasteiger partial charge on any atom is -0.298 e. The fourth-order valence-corrected chi connectivity index (χ4v) is 2.04. The number of carbonyl (C=O) groups is 1. The molecule has 2 N–H and O–H groups in total. The SMILES string of the molecule is N#CC(Cl)Cc1ccccc1C(=O)NNc1ccccc1. The molecule has 0 spiro atoms. The number of nitrogens with zero attached hydrogens (tertiary/aromatic N) is 1. The van der Waals surface area contributed by atoms with Gasteiger partial charge in [-0.05, 0) is 23.8 Å². The summed E-state index contributed by atoms with van der Waals surface area (Å²) < 4.78 is 0. The second kappa shape index (κ2) is 7.32. The topological polar surface area (TPSA) is 64.9 Å². The van der Waals surface area contributed by atoms with Gasteiger partial charge in [0, 0.05) is 12.0 Å². The first-order chi connectivity index (χ1) is 10.2. The number of nitrogens with one attached hydrogen (secondary N) is 2. The highest BCUT2D eigenvalue weighted by Crippen LogP contribution is 2.14. The Kier molecular flexibility index (Phi) is 5.19. The molecule has 0 heterocycles. The average Bonchev–Trinajstić information content (AvgIpc) is 2.54. The Morgan fingerprint density at radius 3 is 2.52 bits per heavy atom. The molecule has 0 aliphatic carbocycles. The molecule has 21 heavy (non-hydrogen) atoms. The maximum atomic E-state index is 12.2. The van der Waals surface area contributed by atoms with Crippen LogP contribution in [-0.4, -0.2) is 11.3 Å². The molecule has 0 bridgehead atoms. The van der Waals surface area contributed by atoms with E-state index in [0.29, 0.717) is 12.0 Å². The van der Waals surface area contributed by atoms with Crippen LogP contribution in [0.1, 0.15) is 15.9 Å². The number of halogens is 1. The van der Waals surface area contributed by atoms with E-state index in [1.165, 1.54) is 0 Å². The number of para-hydroxylation sites is 1. The number of hydrazine groups is 1. The van der Waals surface area contributed by atoms with Gasteiger partial charge in [-0.15, -0.1) is 11.6 Å². The van der Waals surface area contributed by atoms with Crippen molar-refractivity contribution in [1.29, 1.82) is 5.26 Å². The fraction of sp³-hybridized carbons (Fsp3) is 0.125. The monoisotopic (exact) mass is 299 g/mol. The molecule has 0 saturated heterocycles. The van der Waals surface area contributed by atoms with Gasteiger partial charge in [0.05, 0.1) is 11.8 Å². The van der Waals surface area contributed by atoms with E-state index in [2.05, 4.69) is 10.9 Å². The number of anilines is 1. The van der Waals surface area contributed by atoms with Crippen LogP contribution in [0.5, 0.6) is 0 Å². The van der Waals surface area contributed by atoms with E-state index in [1.807, 2.05) is 42.5 Å². The van der Waals surface area contributed by atoms with Gasteiger partial charge in [0.1, 0.15) is 5.38 Å². The van der Waals surface area contributed by atoms with Gasteiger partial charge in [0.25, 0.3) is 5.91 Å². The van der Waals surface area contributed by atoms with Crippen molar-refractivity contribution >= 4 is 23.2 Å². The first kappa shape index (κ1) is 14.9. The highest BCUT2D eigenvalue weighted by atomic mass is 35.5. The standard InChI is InChI=1S/C16H14ClN3O/c17-13(11-18)10-12-6-4-5-9-15(12)16(21)20-19-14-7-2-1-3-8-14/h1-9,13,19H,10H2,(H,20,21). The third kappa shape index (κ3) is 4.23. The summed E-state index contributed by atoms with van der Waals surface area (Å²) in [4.78, 5) is 12.2. The van der Waals surface area contributed by atoms with Gasteiger partial charge < -0.3 is 0 Å². The van der Waals surface area contributed by atoms with Crippen LogP contribution >= 0.6 is 11.6 Å². The van der Waals surface area contributed by atoms with E-state index in [9.17, 15) is 4.79 Å². The lowest BCUT2D eigenvalue weighted by Gasteiger charge is -2.12. The number of rotatable bonds is 5. The molecule has 2 aromatic rings. The molecule has 1 atom stereocenters. The van der Waals surface area contributed by atoms with Crippen molar-refractivity contribution in [1.82, 2.24) is 5.43 Å². The summed E-state index contributed by atoms with van der Waals surface area (Å²) in [6.07, 6.45) is 0.326. The quantitative estimate of drug-likeness (QED) is 0.658. The largest absolute Gasteiger partial charge is 0.298 e. The molecule has 0 fully saturated rings. The molecule has 2 aromatic carbocycles. The van der Waals surface area contributed by atoms with Gasteiger partial charge in [-0.1, -0.05) is 36.4 Å². The Bertz CT molecular complexity index is 652. The zero-order chi connectivity index (χ0) is 15.1. The first-order valence-electron chi connectivity index (χ1n) is 6.43. The lowest BCUT2D eigenvalue weighted by Crippen LogP contribution is -2.30. The minimum atomic E-state index is -0.652. The maximum absolute atomic E-state index is 12.2. The summed E-state index contributed by atoms with van der Waals surface area (Å²) in [5.41, 5.74) is 7.50. The van der Waals surface area contributed by atoms with Gasteiger partial charge in [-0.25, -0.2) is 0 Å². The molecule has 0 aliphatic rings. The van der Waals surface area contributed by atoms with Crippen molar-refractivity contribution in [3.05, 3.63) is 65.7 Å². The number of benzene rings is 2. The Labute approximate surface area is 128 Å². The molecular formula is C16H14ClN3O. The number of nitriles is 1. The summed E-state index contributed by atoms with van der Waals surface area (Å²) in [6.45, 7) is 0. The Balaban J connectivity index is 2.07. The fourth-order valence-electron chi connectivity index (χ4n) is 1.88. The molecule has 1 amide bonds. The van der Waals surface area contributed by atoms with Crippen molar-refractivity contribution in [2.24, 2.45) is 0 Å². The zero-order valence-corrected chi connectivity index (χ0v) is 12.0. The predicted octanol–water partition coefficient (Wildman–Crippen LogP) is 3.12. The summed E-state index contributed by atoms with van der Waals surface area (Å²) in [7, 11) is 0. The lowest BCUT2D eigenvalue weighted by molar-refractivity contribution is 0.0962. The minimum absolute atomic E-state index is 0.267. The normalized spacial score (nSPS) is 11.2.